The van der Waals surface area contributed by atoms with Gasteiger partial charge in [-0.25, -0.2) is 74.2 Å². The van der Waals surface area contributed by atoms with Crippen LogP contribution in [0.25, 0.3) is 77.4 Å². The van der Waals surface area contributed by atoms with Gasteiger partial charge in [0.2, 0.25) is 5.91 Å². The van der Waals surface area contributed by atoms with Gasteiger partial charge in [-0.2, -0.15) is 0 Å². The Morgan fingerprint density at radius 2 is 0.714 bits per heavy atom. The van der Waals surface area contributed by atoms with E-state index in [1.807, 2.05) is 170 Å². The minimum Gasteiger partial charge on any atom is -0.478 e. The van der Waals surface area contributed by atoms with Gasteiger partial charge < -0.3 is 81.1 Å². The topological polar surface area (TPSA) is 407 Å². The Balaban J connectivity index is 0.000000153. The molecule has 698 valence electrons. The molecule has 0 atom stereocenters. The fraction of sp³-hybridized carbons (Fsp3) is 0.368. The zero-order valence-electron chi connectivity index (χ0n) is 77.1. The SMILES string of the molecule is C=CC(=O)N1CCN(c2ncnc3cc(-c4nc(N)ccc4C)c(Cl)cc23)CC1.C=CC(=O)O.CC(C)(C)OC(=O)N1CCN(c2ncnc3cc(B4OC(C)(C)C(C)(C)O4)c(Cl)cc23)CC1.Cc1ccc(N)nc1-c1cc2ncnc(N3CCCCC3)c2cc1Cl.Cc1ccc(N)nc1-c1cc2ncnc(N3CCN(C(=O)OC(C)(C)C)CC3)c2cc1Cl.Cc1ccc(N)nc1Br. The number of ether oxygens (including phenoxy) is 2. The standard InChI is InChI=1S/C23H32BClN4O4.C23H27ClN6O2.C21H21ClN6O.C19H20ClN5.C6H7BrN2.C3H4O2/c1-21(2,3)31-20(30)29-10-8-28(9-11-29)19-15-12-17(25)16(13-18(15)26-14-27-19)24-32-22(4,5)23(6,7)33-24;1-14-5-6-19(25)28-20(14)15-12-18-16(11-17(15)24)21(27-13-26-18)29-7-9-30(10-8-29)22(31)32-23(2,3)4;1-3-19(29)27-6-8-28(9-7-27)21-15-10-16(22)14(11-17(15)24-12-25-21)20-13(2)4-5-18(23)26-20;1-12-5-6-17(21)24-18(12)13-10-16-14(9-15(13)20)19(23-11-22-16)25-7-3-2-4-8-25;1-4-2-3-5(8)9-6(4)7;1-2-3(4)5/h12-14H,8-11H2,1-7H3;5-6,11-13H,7-10H2,1-4H3,(H2,25,28);3-5,10-12H,1,6-9H2,2H3,(H2,23,26);5-6,9-11H,2-4,7-8H2,1H3,(H2,21,24);2-3H,1H3,(H2,8,9);2H,1H2,(H,4,5). The summed E-state index contributed by atoms with van der Waals surface area (Å²) in [6, 6.07) is 30.2. The van der Waals surface area contributed by atoms with Crippen LogP contribution in [-0.4, -0.2) is 225 Å². The van der Waals surface area contributed by atoms with Crippen molar-refractivity contribution in [2.75, 3.05) is 134 Å². The largest absolute Gasteiger partial charge is 0.496 e. The highest BCUT2D eigenvalue weighted by Gasteiger charge is 2.52. The Hall–Kier alpha value is -12.2. The second kappa shape index (κ2) is 42.8. The number of nitrogens with zero attached hydrogens (tertiary/aromatic N) is 19. The van der Waals surface area contributed by atoms with Gasteiger partial charge >= 0.3 is 25.3 Å². The summed E-state index contributed by atoms with van der Waals surface area (Å²) < 4.78 is 24.2. The molecule has 17 rings (SSSR count). The molecular formula is C95H111BBrCl4N23O9. The van der Waals surface area contributed by atoms with Crippen molar-refractivity contribution in [3.63, 3.8) is 0 Å². The Morgan fingerprint density at radius 1 is 0.421 bits per heavy atom. The summed E-state index contributed by atoms with van der Waals surface area (Å²) in [6.45, 7) is 43.1. The molecule has 0 aliphatic carbocycles. The van der Waals surface area contributed by atoms with Crippen molar-refractivity contribution in [2.45, 2.75) is 139 Å². The lowest BCUT2D eigenvalue weighted by Crippen LogP contribution is -2.50. The quantitative estimate of drug-likeness (QED) is 0.0482. The van der Waals surface area contributed by atoms with E-state index in [1.165, 1.54) is 25.3 Å². The van der Waals surface area contributed by atoms with E-state index in [-0.39, 0.29) is 18.1 Å². The number of amides is 3. The number of aliphatic carboxylic acids is 1. The van der Waals surface area contributed by atoms with Crippen molar-refractivity contribution in [1.29, 1.82) is 0 Å². The third-order valence-corrected chi connectivity index (χ3v) is 25.0. The molecule has 4 aromatic carbocycles. The van der Waals surface area contributed by atoms with Crippen LogP contribution < -0.4 is 48.0 Å². The number of aromatic nitrogens is 12. The summed E-state index contributed by atoms with van der Waals surface area (Å²) in [7, 11) is -0.567. The molecule has 8 aromatic heterocycles. The van der Waals surface area contributed by atoms with Crippen molar-refractivity contribution < 1.29 is 43.1 Å². The first-order valence-electron chi connectivity index (χ1n) is 43.4. The third-order valence-electron chi connectivity index (χ3n) is 22.9. The number of anilines is 8. The number of carbonyl (C=O) groups is 4. The number of carbonyl (C=O) groups excluding carboxylic acids is 3. The first kappa shape index (κ1) is 99.8. The highest BCUT2D eigenvalue weighted by Crippen LogP contribution is 2.42. The van der Waals surface area contributed by atoms with Gasteiger partial charge in [-0.3, -0.25) is 4.79 Å². The molecule has 38 heteroatoms. The number of hydrogen-bond donors (Lipinski definition) is 5. The summed E-state index contributed by atoms with van der Waals surface area (Å²) >= 11 is 29.9. The molecule has 32 nitrogen and oxygen atoms in total. The minimum atomic E-state index is -0.981. The van der Waals surface area contributed by atoms with Crippen molar-refractivity contribution >= 4 is 189 Å². The van der Waals surface area contributed by atoms with Gasteiger partial charge in [0.15, 0.2) is 0 Å². The molecule has 5 fully saturated rings. The number of nitrogens with two attached hydrogens (primary N) is 4. The van der Waals surface area contributed by atoms with Crippen LogP contribution in [0.2, 0.25) is 20.1 Å². The van der Waals surface area contributed by atoms with E-state index in [4.69, 9.17) is 93.2 Å². The van der Waals surface area contributed by atoms with Gasteiger partial charge in [0.25, 0.3) is 0 Å². The van der Waals surface area contributed by atoms with E-state index in [2.05, 4.69) is 108 Å². The van der Waals surface area contributed by atoms with Crippen LogP contribution in [0.4, 0.5) is 56.1 Å². The first-order valence-corrected chi connectivity index (χ1v) is 45.7. The van der Waals surface area contributed by atoms with Crippen molar-refractivity contribution in [2.24, 2.45) is 0 Å². The van der Waals surface area contributed by atoms with Crippen LogP contribution in [0.5, 0.6) is 0 Å². The molecule has 12 aromatic rings. The van der Waals surface area contributed by atoms with E-state index >= 15 is 0 Å². The highest BCUT2D eigenvalue weighted by atomic mass is 79.9. The molecule has 0 radical (unpaired) electrons. The predicted octanol–water partition coefficient (Wildman–Crippen LogP) is 17.2. The molecule has 133 heavy (non-hydrogen) atoms. The molecule has 0 unspecified atom stereocenters. The Kier molecular flexibility index (Phi) is 32.1. The van der Waals surface area contributed by atoms with Crippen LogP contribution in [0.3, 0.4) is 0 Å². The molecule has 5 saturated heterocycles. The number of carboxylic acid groups (broad SMARTS) is 1. The number of aryl methyl sites for hydroxylation is 4. The molecule has 0 saturated carbocycles. The average Bonchev–Trinajstić information content (AvgIpc) is 1.60. The van der Waals surface area contributed by atoms with Gasteiger partial charge in [0, 0.05) is 146 Å². The van der Waals surface area contributed by atoms with Gasteiger partial charge in [0.1, 0.15) is 87.7 Å². The lowest BCUT2D eigenvalue weighted by Gasteiger charge is -2.36. The van der Waals surface area contributed by atoms with E-state index in [0.717, 1.165) is 152 Å². The van der Waals surface area contributed by atoms with E-state index in [1.54, 1.807) is 64.3 Å². The summed E-state index contributed by atoms with van der Waals surface area (Å²) in [5.41, 5.74) is 33.8. The van der Waals surface area contributed by atoms with Gasteiger partial charge in [0.05, 0.1) is 65.4 Å². The van der Waals surface area contributed by atoms with Gasteiger partial charge in [-0.1, -0.05) is 83.8 Å². The fourth-order valence-electron chi connectivity index (χ4n) is 15.2. The molecule has 13 heterocycles. The van der Waals surface area contributed by atoms with Gasteiger partial charge in [-0.15, -0.1) is 0 Å². The number of halogens is 5. The number of fused-ring (bicyclic) bond motifs is 4. The average molecular weight is 1950 g/mol. The zero-order chi connectivity index (χ0) is 96.3. The smallest absolute Gasteiger partial charge is 0.478 e. The van der Waals surface area contributed by atoms with E-state index in [9.17, 15) is 19.2 Å². The molecule has 0 bridgehead atoms. The number of piperidine rings is 1. The highest BCUT2D eigenvalue weighted by molar-refractivity contribution is 9.10. The van der Waals surface area contributed by atoms with Crippen LogP contribution in [0.15, 0.2) is 152 Å². The number of hydrogen-bond acceptors (Lipinski definition) is 28. The number of piperazine rings is 3. The molecule has 5 aliphatic rings. The molecular weight excluding hydrogens is 1840 g/mol. The number of carboxylic acids is 1. The summed E-state index contributed by atoms with van der Waals surface area (Å²) in [5.74, 6) is 4.25. The lowest BCUT2D eigenvalue weighted by molar-refractivity contribution is -0.131. The monoisotopic (exact) mass is 1950 g/mol. The first-order chi connectivity index (χ1) is 63.0. The normalized spacial score (nSPS) is 15.4. The van der Waals surface area contributed by atoms with Crippen LogP contribution in [0.1, 0.15) is 111 Å². The molecule has 3 amide bonds. The summed E-state index contributed by atoms with van der Waals surface area (Å²) in [4.78, 5) is 113. The van der Waals surface area contributed by atoms with Crippen molar-refractivity contribution in [3.8, 4) is 33.8 Å². The maximum absolute atomic E-state index is 12.4. The van der Waals surface area contributed by atoms with Crippen molar-refractivity contribution in [3.05, 3.63) is 195 Å². The van der Waals surface area contributed by atoms with Crippen LogP contribution in [0, 0.1) is 27.7 Å². The second-order valence-corrected chi connectivity index (χ2v) is 37.8. The Labute approximate surface area is 802 Å². The van der Waals surface area contributed by atoms with Crippen LogP contribution >= 0.6 is 62.3 Å². The second-order valence-electron chi connectivity index (χ2n) is 35.4. The third kappa shape index (κ3) is 24.8. The van der Waals surface area contributed by atoms with Crippen LogP contribution in [-0.2, 0) is 28.4 Å². The van der Waals surface area contributed by atoms with E-state index < -0.39 is 35.5 Å². The summed E-state index contributed by atoms with van der Waals surface area (Å²) in [6.07, 6.45) is 11.6. The maximum atomic E-state index is 12.4. The van der Waals surface area contributed by atoms with Gasteiger partial charge in [-0.05, 0) is 233 Å². The van der Waals surface area contributed by atoms with Crippen molar-refractivity contribution in [1.82, 2.24) is 74.5 Å². The molecule has 5 aliphatic heterocycles. The zero-order valence-corrected chi connectivity index (χ0v) is 81.7. The number of pyridine rings is 4. The fourth-order valence-corrected chi connectivity index (χ4v) is 16.5. The molecule has 9 N–H and O–H groups in total. The Morgan fingerprint density at radius 3 is 1.02 bits per heavy atom. The lowest BCUT2D eigenvalue weighted by atomic mass is 9.78. The summed E-state index contributed by atoms with van der Waals surface area (Å²) in [5, 5.41) is 13.5. The molecule has 0 spiro atoms. The maximum Gasteiger partial charge on any atom is 0.496 e. The number of benzene rings is 4. The predicted molar refractivity (Wildman–Crippen MR) is 535 cm³/mol. The number of nitrogen functional groups attached to an aromatic ring is 4. The Bertz CT molecular complexity index is 6310. The minimum absolute atomic E-state index is 0.0464. The number of rotatable bonds is 10. The van der Waals surface area contributed by atoms with E-state index in [0.29, 0.717) is 122 Å².